The van der Waals surface area contributed by atoms with E-state index in [0.29, 0.717) is 0 Å². The van der Waals surface area contributed by atoms with E-state index < -0.39 is 10.2 Å². The number of anilines is 1. The van der Waals surface area contributed by atoms with Gasteiger partial charge in [-0.2, -0.15) is 4.57 Å². The van der Waals surface area contributed by atoms with Crippen LogP contribution in [0.3, 0.4) is 0 Å². The van der Waals surface area contributed by atoms with Gasteiger partial charge in [0.25, 0.3) is 5.01 Å². The van der Waals surface area contributed by atoms with Gasteiger partial charge >= 0.3 is 0 Å². The first-order valence-electron chi connectivity index (χ1n) is 19.2. The molecular weight excluding hydrogens is 756 g/mol. The van der Waals surface area contributed by atoms with Gasteiger partial charge in [0.05, 0.1) is 10.7 Å². The molecule has 0 N–H and O–H groups in total. The molecule has 4 aromatic carbocycles. The summed E-state index contributed by atoms with van der Waals surface area (Å²) in [6, 6.07) is 26.7. The molecule has 0 amide bonds. The highest BCUT2D eigenvalue weighted by atomic mass is 35.7. The third-order valence-electron chi connectivity index (χ3n) is 10.6. The zero-order chi connectivity index (χ0) is 39.8. The van der Waals surface area contributed by atoms with Gasteiger partial charge in [-0.05, 0) is 107 Å². The van der Waals surface area contributed by atoms with Crippen LogP contribution < -0.4 is 28.1 Å². The van der Waals surface area contributed by atoms with Crippen molar-refractivity contribution in [3.63, 3.8) is 0 Å². The molecule has 5 aromatic rings. The van der Waals surface area contributed by atoms with E-state index in [0.717, 1.165) is 38.8 Å². The van der Waals surface area contributed by atoms with Crippen LogP contribution in [0.5, 0.6) is 0 Å². The Morgan fingerprint density at radius 1 is 0.732 bits per heavy atom. The van der Waals surface area contributed by atoms with Crippen LogP contribution in [0.15, 0.2) is 141 Å². The molecule has 0 saturated carbocycles. The number of benzene rings is 4. The lowest BCUT2D eigenvalue weighted by molar-refractivity contribution is -2.00. The Labute approximate surface area is 340 Å². The Morgan fingerprint density at radius 3 is 2.04 bits per heavy atom. The number of allylic oxidation sites excluding steroid dienone is 10. The van der Waals surface area contributed by atoms with E-state index in [1.54, 1.807) is 0 Å². The molecule has 0 spiro atoms. The van der Waals surface area contributed by atoms with E-state index in [4.69, 9.17) is 18.6 Å². The Bertz CT molecular complexity index is 2490. The molecule has 3 aliphatic rings. The molecule has 0 bridgehead atoms. The summed E-state index contributed by atoms with van der Waals surface area (Å²) in [5, 5.41) is 8.01. The molecule has 0 unspecified atom stereocenters. The van der Waals surface area contributed by atoms with E-state index >= 15 is 0 Å². The highest BCUT2D eigenvalue weighted by molar-refractivity contribution is 8.04. The number of thiazole rings is 1. The summed E-state index contributed by atoms with van der Waals surface area (Å²) >= 11 is 3.87. The first-order chi connectivity index (χ1) is 26.6. The minimum Gasteiger partial charge on any atom is -0.335 e. The predicted molar refractivity (Wildman–Crippen MR) is 224 cm³/mol. The van der Waals surface area contributed by atoms with Crippen molar-refractivity contribution in [2.24, 2.45) is 10.8 Å². The fourth-order valence-electron chi connectivity index (χ4n) is 8.55. The fraction of sp³-hybridized carbons (Fsp3) is 0.298. The summed E-state index contributed by atoms with van der Waals surface area (Å²) in [6.07, 6.45) is 21.2. The second-order valence-corrected chi connectivity index (χ2v) is 19.3. The second-order valence-electron chi connectivity index (χ2n) is 16.5. The van der Waals surface area contributed by atoms with Gasteiger partial charge in [0, 0.05) is 29.0 Å². The van der Waals surface area contributed by atoms with E-state index in [1.165, 1.54) is 74.7 Å². The second kappa shape index (κ2) is 16.1. The van der Waals surface area contributed by atoms with Crippen molar-refractivity contribution in [2.75, 3.05) is 11.4 Å². The van der Waals surface area contributed by atoms with E-state index in [-0.39, 0.29) is 10.8 Å². The van der Waals surface area contributed by atoms with Crippen molar-refractivity contribution in [1.29, 1.82) is 0 Å². The zero-order valence-corrected chi connectivity index (χ0v) is 35.3. The van der Waals surface area contributed by atoms with E-state index in [1.807, 2.05) is 23.1 Å². The SMILES string of the molecule is CCN1/C(=C/C2=CC(=C/C=C/C3=CC(=C/c4sc5c6ccccc6ccc5[n+]4CC)/CC(C)(C)C3)/CC(C)(C)C2)Sc2c1ccc1ccccc21.[O-][Cl+3]([O-])([O-])[O-]. The van der Waals surface area contributed by atoms with Crippen LogP contribution in [-0.2, 0) is 6.54 Å². The van der Waals surface area contributed by atoms with E-state index in [2.05, 4.69) is 166 Å². The standard InChI is InChI=1S/C47H49N2S2.ClHO4/c1-7-48-40-22-20-36-16-9-11-18-38(36)44(40)50-42(48)26-34-24-32(28-46(3,4)30-34)14-13-15-33-25-35(31-47(5,6)29-33)27-43-49(8-2)41-23-21-37-17-10-12-19-39(37)45(41)51-43;2-1(3,4)5/h9-27H,7-8,28-31H2,1-6H3;(H,2,3,4,5)/q+1;/p-1. The van der Waals surface area contributed by atoms with Crippen LogP contribution in [0.4, 0.5) is 5.69 Å². The summed E-state index contributed by atoms with van der Waals surface area (Å²) in [6.45, 7) is 16.1. The molecule has 6 nitrogen and oxygen atoms in total. The summed E-state index contributed by atoms with van der Waals surface area (Å²) < 4.78 is 37.8. The Kier molecular flexibility index (Phi) is 11.6. The van der Waals surface area contributed by atoms with Crippen LogP contribution in [0.2, 0.25) is 0 Å². The normalized spacial score (nSPS) is 20.2. The molecule has 0 radical (unpaired) electrons. The predicted octanol–water partition coefficient (Wildman–Crippen LogP) is 8.59. The number of halogens is 1. The fourth-order valence-corrected chi connectivity index (χ4v) is 11.2. The number of aromatic nitrogens is 1. The first-order valence-corrected chi connectivity index (χ1v) is 22.1. The number of rotatable bonds is 6. The monoisotopic (exact) mass is 804 g/mol. The third kappa shape index (κ3) is 9.24. The largest absolute Gasteiger partial charge is 0.335 e. The summed E-state index contributed by atoms with van der Waals surface area (Å²) in [7, 11) is -4.94. The Morgan fingerprint density at radius 2 is 1.34 bits per heavy atom. The maximum Gasteiger partial charge on any atom is 0.263 e. The number of hydrogen-bond acceptors (Lipinski definition) is 7. The van der Waals surface area contributed by atoms with Gasteiger partial charge in [-0.1, -0.05) is 136 Å². The number of thioether (sulfide) groups is 1. The quantitative estimate of drug-likeness (QED) is 0.160. The highest BCUT2D eigenvalue weighted by Crippen LogP contribution is 2.50. The Balaban J connectivity index is 0.000000905. The molecule has 8 rings (SSSR count). The van der Waals surface area contributed by atoms with Gasteiger partial charge in [-0.25, -0.2) is 18.6 Å². The topological polar surface area (TPSA) is 99.4 Å². The lowest BCUT2D eigenvalue weighted by Gasteiger charge is -2.31. The summed E-state index contributed by atoms with van der Waals surface area (Å²) in [5.41, 5.74) is 8.78. The molecule has 0 saturated heterocycles. The van der Waals surface area contributed by atoms with Crippen molar-refractivity contribution in [1.82, 2.24) is 0 Å². The van der Waals surface area contributed by atoms with Gasteiger partial charge in [-0.3, -0.25) is 0 Å². The minimum absolute atomic E-state index is 0.215. The summed E-state index contributed by atoms with van der Waals surface area (Å²) in [4.78, 5) is 3.88. The minimum atomic E-state index is -4.94. The molecule has 0 fully saturated rings. The molecule has 56 heavy (non-hydrogen) atoms. The van der Waals surface area contributed by atoms with Crippen LogP contribution in [0, 0.1) is 21.1 Å². The van der Waals surface area contributed by atoms with Crippen molar-refractivity contribution >= 4 is 66.6 Å². The third-order valence-corrected chi connectivity index (χ3v) is 12.9. The smallest absolute Gasteiger partial charge is 0.263 e. The van der Waals surface area contributed by atoms with Crippen LogP contribution in [-0.4, -0.2) is 6.54 Å². The molecular formula is C47H49ClN2O4S2. The van der Waals surface area contributed by atoms with Crippen molar-refractivity contribution in [2.45, 2.75) is 78.7 Å². The molecule has 1 aromatic heterocycles. The first kappa shape index (κ1) is 40.2. The molecule has 2 heterocycles. The van der Waals surface area contributed by atoms with Gasteiger partial charge < -0.3 is 4.90 Å². The van der Waals surface area contributed by atoms with Gasteiger partial charge in [0.2, 0.25) is 5.52 Å². The van der Waals surface area contributed by atoms with Gasteiger partial charge in [0.15, 0.2) is 0 Å². The van der Waals surface area contributed by atoms with Crippen LogP contribution in [0.25, 0.3) is 37.8 Å². The molecule has 290 valence electrons. The summed E-state index contributed by atoms with van der Waals surface area (Å²) in [5.74, 6) is 0. The van der Waals surface area contributed by atoms with Crippen LogP contribution in [0.1, 0.15) is 72.2 Å². The highest BCUT2D eigenvalue weighted by Gasteiger charge is 2.30. The van der Waals surface area contributed by atoms with Crippen molar-refractivity contribution in [3.05, 3.63) is 142 Å². The average Bonchev–Trinajstić information content (AvgIpc) is 3.66. The average molecular weight is 806 g/mol. The number of fused-ring (bicyclic) bond motifs is 6. The molecule has 0 atom stereocenters. The maximum absolute atomic E-state index is 8.49. The van der Waals surface area contributed by atoms with Crippen LogP contribution >= 0.6 is 23.1 Å². The van der Waals surface area contributed by atoms with Crippen molar-refractivity contribution < 1.29 is 33.4 Å². The number of aryl methyl sites for hydroxylation is 1. The molecule has 9 heteroatoms. The molecule has 1 aliphatic heterocycles. The zero-order valence-electron chi connectivity index (χ0n) is 32.9. The number of hydrogen-bond donors (Lipinski definition) is 0. The molecule has 2 aliphatic carbocycles. The maximum atomic E-state index is 8.49. The van der Waals surface area contributed by atoms with Gasteiger partial charge in [0.1, 0.15) is 11.2 Å². The van der Waals surface area contributed by atoms with Gasteiger partial charge in [-0.15, -0.1) is 10.2 Å². The van der Waals surface area contributed by atoms with E-state index in [9.17, 15) is 0 Å². The Hall–Kier alpha value is -3.99. The van der Waals surface area contributed by atoms with Crippen molar-refractivity contribution in [3.8, 4) is 0 Å². The lowest BCUT2D eigenvalue weighted by atomic mass is 9.74. The lowest BCUT2D eigenvalue weighted by Crippen LogP contribution is -2.68. The number of nitrogens with zero attached hydrogens (tertiary/aromatic N) is 2.